The molecule has 0 atom stereocenters. The van der Waals surface area contributed by atoms with E-state index in [4.69, 9.17) is 20.8 Å². The fourth-order valence-electron chi connectivity index (χ4n) is 1.83. The molecule has 0 radical (unpaired) electrons. The van der Waals surface area contributed by atoms with Gasteiger partial charge in [-0.2, -0.15) is 0 Å². The minimum atomic E-state index is -0.432. The first-order valence-electron chi connectivity index (χ1n) is 6.49. The van der Waals surface area contributed by atoms with Crippen molar-refractivity contribution in [1.29, 1.82) is 0 Å². The molecule has 0 fully saturated rings. The van der Waals surface area contributed by atoms with Gasteiger partial charge in [-0.15, -0.1) is 11.3 Å². The number of hydrogen-bond acceptors (Lipinski definition) is 5. The number of thiazole rings is 1. The molecule has 0 spiro atoms. The van der Waals surface area contributed by atoms with Gasteiger partial charge in [0.05, 0.1) is 12.8 Å². The minimum Gasteiger partial charge on any atom is -0.483 e. The monoisotopic (exact) mass is 338 g/mol. The number of rotatable bonds is 6. The molecule has 2 heterocycles. The molecule has 0 saturated carbocycles. The minimum absolute atomic E-state index is 0.183. The Balaban J connectivity index is 1.59. The third kappa shape index (κ3) is 3.78. The van der Waals surface area contributed by atoms with Crippen LogP contribution in [0.1, 0.15) is 10.6 Å². The average Bonchev–Trinajstić information content (AvgIpc) is 3.15. The smallest absolute Gasteiger partial charge is 0.183 e. The lowest BCUT2D eigenvalue weighted by molar-refractivity contribution is 0.258. The van der Waals surface area contributed by atoms with Crippen LogP contribution >= 0.6 is 22.9 Å². The van der Waals surface area contributed by atoms with E-state index in [-0.39, 0.29) is 12.4 Å². The lowest BCUT2D eigenvalue weighted by Crippen LogP contribution is -2.00. The number of ether oxygens (including phenoxy) is 1. The van der Waals surface area contributed by atoms with Crippen LogP contribution in [0, 0.1) is 5.82 Å². The van der Waals surface area contributed by atoms with Crippen LogP contribution in [0.25, 0.3) is 0 Å². The van der Waals surface area contributed by atoms with Gasteiger partial charge in [0.2, 0.25) is 0 Å². The Morgan fingerprint density at radius 1 is 1.36 bits per heavy atom. The van der Waals surface area contributed by atoms with E-state index in [1.807, 2.05) is 0 Å². The van der Waals surface area contributed by atoms with Crippen molar-refractivity contribution in [2.45, 2.75) is 13.2 Å². The number of furan rings is 1. The molecule has 0 amide bonds. The molecule has 0 aliphatic heterocycles. The summed E-state index contributed by atoms with van der Waals surface area (Å²) in [6.07, 6.45) is 3.24. The SMILES string of the molecule is Fc1cc(NCc2cnc(Cl)s2)ccc1OCc1ccco1. The highest BCUT2D eigenvalue weighted by Crippen LogP contribution is 2.24. The quantitative estimate of drug-likeness (QED) is 0.706. The molecule has 22 heavy (non-hydrogen) atoms. The highest BCUT2D eigenvalue weighted by molar-refractivity contribution is 7.15. The predicted molar refractivity (Wildman–Crippen MR) is 83.9 cm³/mol. The summed E-state index contributed by atoms with van der Waals surface area (Å²) < 4.78 is 25.0. The van der Waals surface area contributed by atoms with Crippen LogP contribution in [0.3, 0.4) is 0 Å². The van der Waals surface area contributed by atoms with Gasteiger partial charge < -0.3 is 14.5 Å². The van der Waals surface area contributed by atoms with Crippen molar-refractivity contribution in [3.8, 4) is 5.75 Å². The maximum atomic E-state index is 14.0. The van der Waals surface area contributed by atoms with Crippen molar-refractivity contribution in [3.63, 3.8) is 0 Å². The molecule has 114 valence electrons. The van der Waals surface area contributed by atoms with Crippen molar-refractivity contribution in [3.05, 3.63) is 63.7 Å². The Morgan fingerprint density at radius 3 is 2.95 bits per heavy atom. The van der Waals surface area contributed by atoms with Gasteiger partial charge in [-0.1, -0.05) is 11.6 Å². The second kappa shape index (κ2) is 6.81. The van der Waals surface area contributed by atoms with Gasteiger partial charge in [0.1, 0.15) is 12.4 Å². The first-order valence-corrected chi connectivity index (χ1v) is 7.69. The first-order chi connectivity index (χ1) is 10.7. The number of halogens is 2. The van der Waals surface area contributed by atoms with Crippen molar-refractivity contribution in [2.24, 2.45) is 0 Å². The summed E-state index contributed by atoms with van der Waals surface area (Å²) in [5.41, 5.74) is 0.660. The molecule has 3 aromatic rings. The summed E-state index contributed by atoms with van der Waals surface area (Å²) in [5, 5.41) is 3.11. The van der Waals surface area contributed by atoms with Crippen LogP contribution in [0.5, 0.6) is 5.75 Å². The summed E-state index contributed by atoms with van der Waals surface area (Å²) in [5.74, 6) is 0.394. The molecule has 0 saturated heterocycles. The van der Waals surface area contributed by atoms with Crippen LogP contribution in [0.2, 0.25) is 4.47 Å². The van der Waals surface area contributed by atoms with E-state index in [9.17, 15) is 4.39 Å². The van der Waals surface area contributed by atoms with Gasteiger partial charge in [0.25, 0.3) is 0 Å². The van der Waals surface area contributed by atoms with E-state index in [1.165, 1.54) is 17.4 Å². The predicted octanol–water partition coefficient (Wildman–Crippen LogP) is 4.72. The van der Waals surface area contributed by atoms with E-state index >= 15 is 0 Å². The van der Waals surface area contributed by atoms with Crippen molar-refractivity contribution in [2.75, 3.05) is 5.32 Å². The fraction of sp³-hybridized carbons (Fsp3) is 0.133. The molecular weight excluding hydrogens is 327 g/mol. The van der Waals surface area contributed by atoms with Crippen LogP contribution < -0.4 is 10.1 Å². The summed E-state index contributed by atoms with van der Waals surface area (Å²) in [7, 11) is 0. The number of aromatic nitrogens is 1. The number of nitrogens with zero attached hydrogens (tertiary/aromatic N) is 1. The average molecular weight is 339 g/mol. The molecular formula is C15H12ClFN2O2S. The molecule has 7 heteroatoms. The van der Waals surface area contributed by atoms with Gasteiger partial charge >= 0.3 is 0 Å². The topological polar surface area (TPSA) is 47.3 Å². The molecule has 0 unspecified atom stereocenters. The van der Waals surface area contributed by atoms with Gasteiger partial charge in [0.15, 0.2) is 16.0 Å². The highest BCUT2D eigenvalue weighted by atomic mass is 35.5. The normalized spacial score (nSPS) is 10.6. The van der Waals surface area contributed by atoms with Crippen LogP contribution in [0.15, 0.2) is 47.2 Å². The lowest BCUT2D eigenvalue weighted by Gasteiger charge is -2.09. The maximum Gasteiger partial charge on any atom is 0.183 e. The molecule has 0 aliphatic carbocycles. The summed E-state index contributed by atoms with van der Waals surface area (Å²) in [4.78, 5) is 4.93. The molecule has 0 aliphatic rings. The van der Waals surface area contributed by atoms with E-state index in [2.05, 4.69) is 10.3 Å². The maximum absolute atomic E-state index is 14.0. The summed E-state index contributed by atoms with van der Waals surface area (Å²) in [6.45, 7) is 0.729. The fourth-order valence-corrected chi connectivity index (χ4v) is 2.74. The van der Waals surface area contributed by atoms with E-state index in [0.29, 0.717) is 22.5 Å². The van der Waals surface area contributed by atoms with Crippen molar-refractivity contribution >= 4 is 28.6 Å². The van der Waals surface area contributed by atoms with Crippen molar-refractivity contribution in [1.82, 2.24) is 4.98 Å². The lowest BCUT2D eigenvalue weighted by atomic mass is 10.3. The van der Waals surface area contributed by atoms with Crippen LogP contribution in [0.4, 0.5) is 10.1 Å². The Hall–Kier alpha value is -2.05. The zero-order chi connectivity index (χ0) is 15.4. The highest BCUT2D eigenvalue weighted by Gasteiger charge is 2.07. The Kier molecular flexibility index (Phi) is 4.60. The third-order valence-electron chi connectivity index (χ3n) is 2.87. The Bertz CT molecular complexity index is 746. The molecule has 0 bridgehead atoms. The molecule has 1 N–H and O–H groups in total. The molecule has 3 rings (SSSR count). The second-order valence-electron chi connectivity index (χ2n) is 4.45. The van der Waals surface area contributed by atoms with E-state index < -0.39 is 5.82 Å². The Morgan fingerprint density at radius 2 is 2.27 bits per heavy atom. The largest absolute Gasteiger partial charge is 0.483 e. The second-order valence-corrected chi connectivity index (χ2v) is 6.14. The summed E-state index contributed by atoms with van der Waals surface area (Å²) >= 11 is 7.14. The summed E-state index contributed by atoms with van der Waals surface area (Å²) in [6, 6.07) is 8.26. The van der Waals surface area contributed by atoms with E-state index in [1.54, 1.807) is 36.7 Å². The first kappa shape index (κ1) is 14.9. The van der Waals surface area contributed by atoms with Crippen LogP contribution in [-0.2, 0) is 13.2 Å². The van der Waals surface area contributed by atoms with Gasteiger partial charge in [0, 0.05) is 22.8 Å². The zero-order valence-electron chi connectivity index (χ0n) is 11.4. The van der Waals surface area contributed by atoms with Gasteiger partial charge in [-0.05, 0) is 24.3 Å². The zero-order valence-corrected chi connectivity index (χ0v) is 13.0. The number of hydrogen-bond donors (Lipinski definition) is 1. The van der Waals surface area contributed by atoms with E-state index in [0.717, 1.165) is 4.88 Å². The Labute approximate surface area is 135 Å². The molecule has 1 aromatic carbocycles. The molecule has 4 nitrogen and oxygen atoms in total. The van der Waals surface area contributed by atoms with Crippen molar-refractivity contribution < 1.29 is 13.5 Å². The number of nitrogens with one attached hydrogen (secondary N) is 1. The number of benzene rings is 1. The standard InChI is InChI=1S/C15H12ClFN2O2S/c16-15-19-8-12(22-15)7-18-10-3-4-14(13(17)6-10)21-9-11-2-1-5-20-11/h1-6,8,18H,7,9H2. The van der Waals surface area contributed by atoms with Crippen LogP contribution in [-0.4, -0.2) is 4.98 Å². The van der Waals surface area contributed by atoms with Gasteiger partial charge in [-0.3, -0.25) is 0 Å². The number of anilines is 1. The molecule has 2 aromatic heterocycles. The third-order valence-corrected chi connectivity index (χ3v) is 3.99. The van der Waals surface area contributed by atoms with Gasteiger partial charge in [-0.25, -0.2) is 9.37 Å².